The van der Waals surface area contributed by atoms with Crippen LogP contribution in [0, 0.1) is 11.6 Å². The van der Waals surface area contributed by atoms with Gasteiger partial charge in [-0.3, -0.25) is 4.79 Å². The van der Waals surface area contributed by atoms with E-state index in [0.29, 0.717) is 9.64 Å². The molecule has 0 spiro atoms. The number of hydrogen-bond acceptors (Lipinski definition) is 3. The number of carboxylic acid groups (broad SMARTS) is 1. The van der Waals surface area contributed by atoms with Gasteiger partial charge in [-0.2, -0.15) is 0 Å². The van der Waals surface area contributed by atoms with Gasteiger partial charge in [-0.15, -0.1) is 0 Å². The molecule has 0 bridgehead atoms. The van der Waals surface area contributed by atoms with Crippen molar-refractivity contribution in [3.05, 3.63) is 34.8 Å². The minimum Gasteiger partial charge on any atom is -0.481 e. The molecule has 1 N–H and O–H groups in total. The van der Waals surface area contributed by atoms with Gasteiger partial charge in [0.15, 0.2) is 11.0 Å². The molecule has 0 radical (unpaired) electrons. The Labute approximate surface area is 125 Å². The fraction of sp³-hybridized carbons (Fsp3) is 0.167. The molecule has 0 saturated heterocycles. The van der Waals surface area contributed by atoms with Crippen LogP contribution in [0.3, 0.4) is 0 Å². The van der Waals surface area contributed by atoms with Gasteiger partial charge in [0.25, 0.3) is 0 Å². The fourth-order valence-corrected chi connectivity index (χ4v) is 2.67. The molecule has 4 nitrogen and oxygen atoms in total. The molecule has 1 aromatic heterocycles. The number of aliphatic carboxylic acids is 1. The van der Waals surface area contributed by atoms with Crippen molar-refractivity contribution in [1.82, 2.24) is 9.55 Å². The number of aromatic nitrogens is 2. The maximum absolute atomic E-state index is 13.7. The first kappa shape index (κ1) is 15.0. The van der Waals surface area contributed by atoms with E-state index in [1.807, 2.05) is 0 Å². The lowest BCUT2D eigenvalue weighted by atomic mass is 10.3. The summed E-state index contributed by atoms with van der Waals surface area (Å²) in [5.41, 5.74) is 0.268. The fourth-order valence-electron chi connectivity index (χ4n) is 1.69. The van der Waals surface area contributed by atoms with Crippen LogP contribution in [0.25, 0.3) is 11.0 Å². The van der Waals surface area contributed by atoms with Crippen molar-refractivity contribution >= 4 is 44.7 Å². The third-order valence-corrected chi connectivity index (χ3v) is 3.60. The van der Waals surface area contributed by atoms with Crippen LogP contribution in [0.2, 0.25) is 0 Å². The molecule has 1 aromatic carbocycles. The van der Waals surface area contributed by atoms with Crippen molar-refractivity contribution in [3.63, 3.8) is 0 Å². The topological polar surface area (TPSA) is 55.1 Å². The molecule has 0 aliphatic heterocycles. The number of thioether (sulfide) groups is 1. The normalized spacial score (nSPS) is 10.9. The smallest absolute Gasteiger partial charge is 0.313 e. The van der Waals surface area contributed by atoms with Crippen LogP contribution in [0.5, 0.6) is 0 Å². The number of nitrogens with zero attached hydrogens (tertiary/aromatic N) is 2. The predicted molar refractivity (Wildman–Crippen MR) is 76.1 cm³/mol. The van der Waals surface area contributed by atoms with E-state index in [9.17, 15) is 13.6 Å². The summed E-state index contributed by atoms with van der Waals surface area (Å²) >= 11 is 4.12. The van der Waals surface area contributed by atoms with Crippen LogP contribution in [-0.2, 0) is 11.3 Å². The summed E-state index contributed by atoms with van der Waals surface area (Å²) in [6.45, 7) is 3.91. The minimum atomic E-state index is -1.02. The van der Waals surface area contributed by atoms with Crippen LogP contribution < -0.4 is 0 Å². The first-order chi connectivity index (χ1) is 9.38. The van der Waals surface area contributed by atoms with Crippen molar-refractivity contribution in [1.29, 1.82) is 0 Å². The van der Waals surface area contributed by atoms with Gasteiger partial charge in [0.05, 0.1) is 17.8 Å². The molecule has 0 aliphatic carbocycles. The molecule has 0 amide bonds. The van der Waals surface area contributed by atoms with E-state index in [-0.39, 0.29) is 23.3 Å². The molecule has 0 atom stereocenters. The van der Waals surface area contributed by atoms with Crippen LogP contribution in [0.15, 0.2) is 28.4 Å². The molecule has 0 saturated carbocycles. The summed E-state index contributed by atoms with van der Waals surface area (Å²) < 4.78 is 29.1. The second-order valence-electron chi connectivity index (χ2n) is 3.94. The number of hydrogen-bond donors (Lipinski definition) is 1. The van der Waals surface area contributed by atoms with Crippen LogP contribution in [-0.4, -0.2) is 26.4 Å². The van der Waals surface area contributed by atoms with Gasteiger partial charge in [-0.1, -0.05) is 34.3 Å². The first-order valence-electron chi connectivity index (χ1n) is 5.41. The molecular formula is C12H9BrF2N2O2S. The Morgan fingerprint density at radius 3 is 2.80 bits per heavy atom. The Balaban J connectivity index is 2.57. The molecule has 2 rings (SSSR count). The Hall–Kier alpha value is -1.41. The maximum Gasteiger partial charge on any atom is 0.313 e. The standard InChI is InChI=1S/C12H9BrF2N2O2S/c1-6(13)4-17-9-3-7(14)2-8(15)11(9)16-12(17)20-5-10(18)19/h2-3H,1,4-5H2,(H,18,19). The van der Waals surface area contributed by atoms with Gasteiger partial charge in [-0.25, -0.2) is 13.8 Å². The summed E-state index contributed by atoms with van der Waals surface area (Å²) in [6, 6.07) is 1.90. The van der Waals surface area contributed by atoms with E-state index in [1.54, 1.807) is 0 Å². The third-order valence-electron chi connectivity index (χ3n) is 2.39. The maximum atomic E-state index is 13.7. The first-order valence-corrected chi connectivity index (χ1v) is 7.19. The van der Waals surface area contributed by atoms with E-state index in [0.717, 1.165) is 23.9 Å². The van der Waals surface area contributed by atoms with E-state index in [1.165, 1.54) is 4.57 Å². The van der Waals surface area contributed by atoms with Crippen LogP contribution in [0.4, 0.5) is 8.78 Å². The number of imidazole rings is 1. The quantitative estimate of drug-likeness (QED) is 0.828. The van der Waals surface area contributed by atoms with E-state index >= 15 is 0 Å². The molecule has 0 fully saturated rings. The lowest BCUT2D eigenvalue weighted by molar-refractivity contribution is -0.133. The third kappa shape index (κ3) is 3.18. The van der Waals surface area contributed by atoms with Crippen molar-refractivity contribution in [3.8, 4) is 0 Å². The highest BCUT2D eigenvalue weighted by atomic mass is 79.9. The van der Waals surface area contributed by atoms with Crippen LogP contribution in [0.1, 0.15) is 0 Å². The molecule has 20 heavy (non-hydrogen) atoms. The molecule has 0 unspecified atom stereocenters. The van der Waals surface area contributed by atoms with Crippen molar-refractivity contribution in [2.45, 2.75) is 11.7 Å². The molecule has 8 heteroatoms. The van der Waals surface area contributed by atoms with E-state index in [4.69, 9.17) is 5.11 Å². The minimum absolute atomic E-state index is 0.00744. The zero-order valence-electron chi connectivity index (χ0n) is 10.1. The number of allylic oxidation sites excluding steroid dienone is 1. The van der Waals surface area contributed by atoms with E-state index in [2.05, 4.69) is 27.5 Å². The summed E-state index contributed by atoms with van der Waals surface area (Å²) in [7, 11) is 0. The average Bonchev–Trinajstić information content (AvgIpc) is 2.65. The summed E-state index contributed by atoms with van der Waals surface area (Å²) in [5, 5.41) is 9.00. The Morgan fingerprint density at radius 1 is 1.50 bits per heavy atom. The number of rotatable bonds is 5. The second kappa shape index (κ2) is 5.92. The molecule has 1 heterocycles. The second-order valence-corrected chi connectivity index (χ2v) is 6.00. The monoisotopic (exact) mass is 362 g/mol. The zero-order chi connectivity index (χ0) is 14.9. The highest BCUT2D eigenvalue weighted by molar-refractivity contribution is 9.11. The zero-order valence-corrected chi connectivity index (χ0v) is 12.5. The number of carbonyl (C=O) groups is 1. The Bertz CT molecular complexity index is 702. The lowest BCUT2D eigenvalue weighted by Crippen LogP contribution is -2.03. The van der Waals surface area contributed by atoms with Gasteiger partial charge < -0.3 is 9.67 Å². The molecule has 2 aromatic rings. The van der Waals surface area contributed by atoms with Crippen molar-refractivity contribution < 1.29 is 18.7 Å². The van der Waals surface area contributed by atoms with Gasteiger partial charge in [0, 0.05) is 16.6 Å². The predicted octanol–water partition coefficient (Wildman–Crippen LogP) is 3.40. The molecule has 106 valence electrons. The van der Waals surface area contributed by atoms with Crippen molar-refractivity contribution in [2.24, 2.45) is 0 Å². The summed E-state index contributed by atoms with van der Waals surface area (Å²) in [5.74, 6) is -2.73. The molecular weight excluding hydrogens is 354 g/mol. The Morgan fingerprint density at radius 2 is 2.20 bits per heavy atom. The van der Waals surface area contributed by atoms with Crippen LogP contribution >= 0.6 is 27.7 Å². The van der Waals surface area contributed by atoms with Gasteiger partial charge in [0.1, 0.15) is 11.3 Å². The SMILES string of the molecule is C=C(Br)Cn1c(SCC(=O)O)nc2c(F)cc(F)cc21. The van der Waals surface area contributed by atoms with Gasteiger partial charge >= 0.3 is 5.97 Å². The van der Waals surface area contributed by atoms with Gasteiger partial charge in [-0.05, 0) is 0 Å². The number of fused-ring (bicyclic) bond motifs is 1. The van der Waals surface area contributed by atoms with Crippen molar-refractivity contribution in [2.75, 3.05) is 5.75 Å². The Kier molecular flexibility index (Phi) is 4.44. The number of benzene rings is 1. The van der Waals surface area contributed by atoms with Gasteiger partial charge in [0.2, 0.25) is 0 Å². The number of carboxylic acids is 1. The largest absolute Gasteiger partial charge is 0.481 e. The number of halogens is 3. The summed E-state index contributed by atoms with van der Waals surface area (Å²) in [4.78, 5) is 14.7. The lowest BCUT2D eigenvalue weighted by Gasteiger charge is -2.07. The molecule has 0 aliphatic rings. The average molecular weight is 363 g/mol. The van der Waals surface area contributed by atoms with E-state index < -0.39 is 17.6 Å². The highest BCUT2D eigenvalue weighted by Crippen LogP contribution is 2.28. The highest BCUT2D eigenvalue weighted by Gasteiger charge is 2.17. The summed E-state index contributed by atoms with van der Waals surface area (Å²) in [6.07, 6.45) is 0.